The molecule has 0 atom stereocenters. The smallest absolute Gasteiger partial charge is 0.142 e. The lowest BCUT2D eigenvalue weighted by Gasteiger charge is -2.23. The predicted molar refractivity (Wildman–Crippen MR) is 78.8 cm³/mol. The summed E-state index contributed by atoms with van der Waals surface area (Å²) < 4.78 is 11.2. The lowest BCUT2D eigenvalue weighted by Crippen LogP contribution is -2.22. The number of para-hydroxylation sites is 2. The fourth-order valence-electron chi connectivity index (χ4n) is 2.20. The number of rotatable bonds is 6. The van der Waals surface area contributed by atoms with Crippen LogP contribution in [0.3, 0.4) is 0 Å². The molecule has 1 aliphatic heterocycles. The molecule has 19 heavy (non-hydrogen) atoms. The Labute approximate surface area is 116 Å². The van der Waals surface area contributed by atoms with E-state index in [1.165, 1.54) is 0 Å². The second-order valence-electron chi connectivity index (χ2n) is 5.64. The maximum absolute atomic E-state index is 5.85. The first-order valence-corrected chi connectivity index (χ1v) is 7.29. The molecule has 0 bridgehead atoms. The largest absolute Gasteiger partial charge is 0.491 e. The molecule has 0 radical (unpaired) electrons. The second kappa shape index (κ2) is 7.39. The quantitative estimate of drug-likeness (QED) is 0.851. The molecular formula is C16H25NO2. The Morgan fingerprint density at radius 2 is 2.00 bits per heavy atom. The minimum Gasteiger partial charge on any atom is -0.491 e. The molecule has 106 valence electrons. The highest BCUT2D eigenvalue weighted by Gasteiger charge is 2.14. The molecular weight excluding hydrogens is 238 g/mol. The van der Waals surface area contributed by atoms with Crippen molar-refractivity contribution in [2.24, 2.45) is 11.8 Å². The van der Waals surface area contributed by atoms with Crippen molar-refractivity contribution in [2.45, 2.75) is 26.7 Å². The Bertz CT molecular complexity index is 373. The highest BCUT2D eigenvalue weighted by atomic mass is 16.5. The van der Waals surface area contributed by atoms with Gasteiger partial charge >= 0.3 is 0 Å². The first-order valence-electron chi connectivity index (χ1n) is 7.29. The highest BCUT2D eigenvalue weighted by molar-refractivity contribution is 5.56. The summed E-state index contributed by atoms with van der Waals surface area (Å²) in [6, 6.07) is 8.20. The molecule has 0 unspecified atom stereocenters. The molecule has 0 amide bonds. The minimum absolute atomic E-state index is 0.545. The zero-order valence-corrected chi connectivity index (χ0v) is 12.0. The van der Waals surface area contributed by atoms with Gasteiger partial charge in [0.1, 0.15) is 5.75 Å². The zero-order valence-electron chi connectivity index (χ0n) is 12.0. The summed E-state index contributed by atoms with van der Waals surface area (Å²) in [5, 5.41) is 3.53. The van der Waals surface area contributed by atoms with Crippen LogP contribution in [-0.2, 0) is 4.74 Å². The van der Waals surface area contributed by atoms with Crippen LogP contribution in [0.15, 0.2) is 24.3 Å². The van der Waals surface area contributed by atoms with Gasteiger partial charge in [-0.2, -0.15) is 0 Å². The molecule has 3 nitrogen and oxygen atoms in total. The van der Waals surface area contributed by atoms with E-state index in [2.05, 4.69) is 31.3 Å². The van der Waals surface area contributed by atoms with E-state index in [0.717, 1.165) is 50.6 Å². The van der Waals surface area contributed by atoms with Crippen molar-refractivity contribution in [2.75, 3.05) is 31.7 Å². The predicted octanol–water partition coefficient (Wildman–Crippen LogP) is 3.56. The van der Waals surface area contributed by atoms with Gasteiger partial charge in [0, 0.05) is 19.8 Å². The molecule has 1 fully saturated rings. The number of benzene rings is 1. The van der Waals surface area contributed by atoms with Crippen LogP contribution in [0.4, 0.5) is 5.69 Å². The monoisotopic (exact) mass is 263 g/mol. The first-order chi connectivity index (χ1) is 9.25. The lowest BCUT2D eigenvalue weighted by atomic mass is 10.0. The Kier molecular flexibility index (Phi) is 5.52. The topological polar surface area (TPSA) is 30.5 Å². The van der Waals surface area contributed by atoms with Gasteiger partial charge in [-0.1, -0.05) is 26.0 Å². The zero-order chi connectivity index (χ0) is 13.5. The van der Waals surface area contributed by atoms with Crippen molar-refractivity contribution in [3.63, 3.8) is 0 Å². The van der Waals surface area contributed by atoms with Gasteiger partial charge < -0.3 is 14.8 Å². The highest BCUT2D eigenvalue weighted by Crippen LogP contribution is 2.25. The number of hydrogen-bond donors (Lipinski definition) is 1. The minimum atomic E-state index is 0.545. The summed E-state index contributed by atoms with van der Waals surface area (Å²) in [5.74, 6) is 2.22. The van der Waals surface area contributed by atoms with Crippen molar-refractivity contribution in [1.29, 1.82) is 0 Å². The van der Waals surface area contributed by atoms with Gasteiger partial charge in [-0.3, -0.25) is 0 Å². The van der Waals surface area contributed by atoms with Gasteiger partial charge in [0.15, 0.2) is 0 Å². The number of nitrogens with one attached hydrogen (secondary N) is 1. The molecule has 2 rings (SSSR count). The Morgan fingerprint density at radius 1 is 1.26 bits per heavy atom. The summed E-state index contributed by atoms with van der Waals surface area (Å²) in [7, 11) is 0. The molecule has 0 saturated carbocycles. The fraction of sp³-hybridized carbons (Fsp3) is 0.625. The van der Waals surface area contributed by atoms with Gasteiger partial charge in [0.25, 0.3) is 0 Å². The third-order valence-corrected chi connectivity index (χ3v) is 3.38. The maximum atomic E-state index is 5.85. The molecule has 1 N–H and O–H groups in total. The average Bonchev–Trinajstić information content (AvgIpc) is 2.45. The van der Waals surface area contributed by atoms with Crippen LogP contribution in [0.5, 0.6) is 5.75 Å². The maximum Gasteiger partial charge on any atom is 0.142 e. The lowest BCUT2D eigenvalue weighted by molar-refractivity contribution is 0.0699. The van der Waals surface area contributed by atoms with Crippen LogP contribution < -0.4 is 10.1 Å². The standard InChI is InChI=1S/C16H25NO2/c1-13(2)12-19-16-6-4-3-5-15(16)17-11-14-7-9-18-10-8-14/h3-6,13-14,17H,7-12H2,1-2H3. The molecule has 1 aromatic carbocycles. The number of ether oxygens (including phenoxy) is 2. The van der Waals surface area contributed by atoms with Gasteiger partial charge in [-0.05, 0) is 36.8 Å². The van der Waals surface area contributed by atoms with Gasteiger partial charge in [0.05, 0.1) is 12.3 Å². The van der Waals surface area contributed by atoms with E-state index in [4.69, 9.17) is 9.47 Å². The molecule has 1 aromatic rings. The number of hydrogen-bond acceptors (Lipinski definition) is 3. The Hall–Kier alpha value is -1.22. The summed E-state index contributed by atoms with van der Waals surface area (Å²) in [5.41, 5.74) is 1.11. The SMILES string of the molecule is CC(C)COc1ccccc1NCC1CCOCC1. The van der Waals surface area contributed by atoms with Crippen molar-refractivity contribution >= 4 is 5.69 Å². The molecule has 0 aromatic heterocycles. The van der Waals surface area contributed by atoms with Crippen LogP contribution in [-0.4, -0.2) is 26.4 Å². The third kappa shape index (κ3) is 4.75. The Balaban J connectivity index is 1.87. The third-order valence-electron chi connectivity index (χ3n) is 3.38. The van der Waals surface area contributed by atoms with Gasteiger partial charge in [-0.15, -0.1) is 0 Å². The van der Waals surface area contributed by atoms with Gasteiger partial charge in [0.2, 0.25) is 0 Å². The molecule has 1 saturated heterocycles. The average molecular weight is 263 g/mol. The van der Waals surface area contributed by atoms with E-state index < -0.39 is 0 Å². The summed E-state index contributed by atoms with van der Waals surface area (Å²) >= 11 is 0. The van der Waals surface area contributed by atoms with Crippen LogP contribution in [0.1, 0.15) is 26.7 Å². The molecule has 0 aliphatic carbocycles. The molecule has 1 heterocycles. The molecule has 1 aliphatic rings. The van der Waals surface area contributed by atoms with Crippen LogP contribution in [0.2, 0.25) is 0 Å². The summed E-state index contributed by atoms with van der Waals surface area (Å²) in [6.45, 7) is 7.90. The van der Waals surface area contributed by atoms with E-state index >= 15 is 0 Å². The first kappa shape index (κ1) is 14.2. The molecule has 3 heteroatoms. The second-order valence-corrected chi connectivity index (χ2v) is 5.64. The fourth-order valence-corrected chi connectivity index (χ4v) is 2.20. The van der Waals surface area contributed by atoms with Crippen LogP contribution in [0, 0.1) is 11.8 Å². The number of anilines is 1. The van der Waals surface area contributed by atoms with Crippen LogP contribution in [0.25, 0.3) is 0 Å². The van der Waals surface area contributed by atoms with Crippen molar-refractivity contribution in [1.82, 2.24) is 0 Å². The molecule has 0 spiro atoms. The van der Waals surface area contributed by atoms with E-state index in [0.29, 0.717) is 11.8 Å². The van der Waals surface area contributed by atoms with E-state index in [1.54, 1.807) is 0 Å². The normalized spacial score (nSPS) is 16.6. The van der Waals surface area contributed by atoms with Crippen molar-refractivity contribution in [3.05, 3.63) is 24.3 Å². The summed E-state index contributed by atoms with van der Waals surface area (Å²) in [4.78, 5) is 0. The van der Waals surface area contributed by atoms with E-state index in [-0.39, 0.29) is 0 Å². The van der Waals surface area contributed by atoms with Crippen molar-refractivity contribution < 1.29 is 9.47 Å². The summed E-state index contributed by atoms with van der Waals surface area (Å²) in [6.07, 6.45) is 2.31. The van der Waals surface area contributed by atoms with E-state index in [9.17, 15) is 0 Å². The van der Waals surface area contributed by atoms with E-state index in [1.807, 2.05) is 12.1 Å². The van der Waals surface area contributed by atoms with Crippen LogP contribution >= 0.6 is 0 Å². The van der Waals surface area contributed by atoms with Crippen molar-refractivity contribution in [3.8, 4) is 5.75 Å². The Morgan fingerprint density at radius 3 is 2.74 bits per heavy atom. The van der Waals surface area contributed by atoms with Gasteiger partial charge in [-0.25, -0.2) is 0 Å².